The van der Waals surface area contributed by atoms with Crippen molar-refractivity contribution in [1.29, 1.82) is 0 Å². The lowest BCUT2D eigenvalue weighted by molar-refractivity contribution is -0.140. The van der Waals surface area contributed by atoms with Crippen molar-refractivity contribution in [3.8, 4) is 17.2 Å². The van der Waals surface area contributed by atoms with Gasteiger partial charge in [-0.3, -0.25) is 9.59 Å². The third kappa shape index (κ3) is 5.17. The second kappa shape index (κ2) is 11.1. The number of hydrogen-bond acceptors (Lipinski definition) is 7. The van der Waals surface area contributed by atoms with Crippen molar-refractivity contribution in [2.75, 3.05) is 48.0 Å². The maximum Gasteiger partial charge on any atom is 0.295 e. The lowest BCUT2D eigenvalue weighted by Gasteiger charge is -2.27. The minimum atomic E-state index is -0.767. The Morgan fingerprint density at radius 2 is 1.74 bits per heavy atom. The van der Waals surface area contributed by atoms with Crippen LogP contribution in [-0.4, -0.2) is 74.6 Å². The summed E-state index contributed by atoms with van der Waals surface area (Å²) in [6.07, 6.45) is 0.845. The van der Waals surface area contributed by atoms with Crippen molar-refractivity contribution < 1.29 is 28.9 Å². The molecule has 0 bridgehead atoms. The predicted octanol–water partition coefficient (Wildman–Crippen LogP) is 3.48. The fraction of sp³-hybridized carbons (Fsp3) is 0.385. The van der Waals surface area contributed by atoms with Gasteiger partial charge in [0, 0.05) is 18.7 Å². The molecule has 34 heavy (non-hydrogen) atoms. The SMILES string of the molecule is CCCOc1ccc(C2/C(=C(/O)c3ccc(OC)cc3)C(=O)C(=O)N2CCN(C)C)cc1OC. The maximum absolute atomic E-state index is 13.1. The molecule has 0 spiro atoms. The number of aliphatic hydroxyl groups excluding tert-OH is 1. The van der Waals surface area contributed by atoms with Crippen molar-refractivity contribution in [3.63, 3.8) is 0 Å². The zero-order chi connectivity index (χ0) is 24.8. The number of rotatable bonds is 10. The van der Waals surface area contributed by atoms with Crippen LogP contribution in [0, 0.1) is 0 Å². The van der Waals surface area contributed by atoms with Crippen LogP contribution in [-0.2, 0) is 9.59 Å². The maximum atomic E-state index is 13.1. The van der Waals surface area contributed by atoms with Gasteiger partial charge in [-0.1, -0.05) is 13.0 Å². The first-order valence-corrected chi connectivity index (χ1v) is 11.2. The topological polar surface area (TPSA) is 88.5 Å². The van der Waals surface area contributed by atoms with Crippen molar-refractivity contribution >= 4 is 17.4 Å². The summed E-state index contributed by atoms with van der Waals surface area (Å²) in [6, 6.07) is 11.2. The van der Waals surface area contributed by atoms with E-state index in [1.807, 2.05) is 25.9 Å². The number of carbonyl (C=O) groups excluding carboxylic acids is 2. The molecule has 1 aliphatic heterocycles. The first-order chi connectivity index (χ1) is 16.3. The molecular weight excluding hydrogens is 436 g/mol. The molecule has 0 aliphatic carbocycles. The summed E-state index contributed by atoms with van der Waals surface area (Å²) >= 11 is 0. The number of Topliss-reactive ketones (excluding diaryl/α,β-unsaturated/α-hetero) is 1. The number of benzene rings is 2. The molecule has 0 saturated carbocycles. The third-order valence-corrected chi connectivity index (χ3v) is 5.66. The number of amides is 1. The predicted molar refractivity (Wildman–Crippen MR) is 129 cm³/mol. The number of likely N-dealkylation sites (tertiary alicyclic amines) is 1. The molecule has 1 atom stereocenters. The summed E-state index contributed by atoms with van der Waals surface area (Å²) in [7, 11) is 6.88. The highest BCUT2D eigenvalue weighted by molar-refractivity contribution is 6.46. The first kappa shape index (κ1) is 25.1. The monoisotopic (exact) mass is 468 g/mol. The van der Waals surface area contributed by atoms with Crippen molar-refractivity contribution in [1.82, 2.24) is 9.80 Å². The molecule has 1 N–H and O–H groups in total. The van der Waals surface area contributed by atoms with E-state index in [1.54, 1.807) is 49.6 Å². The molecule has 1 amide bonds. The normalized spacial score (nSPS) is 17.4. The quantitative estimate of drug-likeness (QED) is 0.324. The molecule has 8 heteroatoms. The molecule has 3 rings (SSSR count). The summed E-state index contributed by atoms with van der Waals surface area (Å²) in [6.45, 7) is 3.42. The van der Waals surface area contributed by atoms with Crippen LogP contribution in [0.15, 0.2) is 48.0 Å². The van der Waals surface area contributed by atoms with E-state index in [0.29, 0.717) is 48.1 Å². The molecule has 1 heterocycles. The molecule has 2 aromatic rings. The Morgan fingerprint density at radius 1 is 1.03 bits per heavy atom. The van der Waals surface area contributed by atoms with Gasteiger partial charge in [0.15, 0.2) is 11.5 Å². The fourth-order valence-corrected chi connectivity index (χ4v) is 3.85. The largest absolute Gasteiger partial charge is 0.507 e. The van der Waals surface area contributed by atoms with Crippen LogP contribution < -0.4 is 14.2 Å². The molecule has 1 fully saturated rings. The van der Waals surface area contributed by atoms with Crippen LogP contribution in [0.1, 0.15) is 30.5 Å². The smallest absolute Gasteiger partial charge is 0.295 e. The van der Waals surface area contributed by atoms with Gasteiger partial charge in [-0.25, -0.2) is 0 Å². The molecule has 0 aromatic heterocycles. The Morgan fingerprint density at radius 3 is 2.32 bits per heavy atom. The van der Waals surface area contributed by atoms with E-state index in [0.717, 1.165) is 6.42 Å². The van der Waals surface area contributed by atoms with Crippen LogP contribution in [0.25, 0.3) is 5.76 Å². The van der Waals surface area contributed by atoms with Crippen molar-refractivity contribution in [3.05, 3.63) is 59.2 Å². The fourth-order valence-electron chi connectivity index (χ4n) is 3.85. The van der Waals surface area contributed by atoms with Crippen molar-refractivity contribution in [2.24, 2.45) is 0 Å². The van der Waals surface area contributed by atoms with Crippen molar-refractivity contribution in [2.45, 2.75) is 19.4 Å². The van der Waals surface area contributed by atoms with E-state index in [1.165, 1.54) is 12.0 Å². The van der Waals surface area contributed by atoms with Crippen LogP contribution in [0.2, 0.25) is 0 Å². The number of carbonyl (C=O) groups is 2. The summed E-state index contributed by atoms with van der Waals surface area (Å²) in [5.41, 5.74) is 1.11. The Labute approximate surface area is 200 Å². The standard InChI is InChI=1S/C26H32N2O6/c1-6-15-34-20-12-9-18(16-21(20)33-5)23-22(24(29)17-7-10-19(32-4)11-8-17)25(30)26(31)28(23)14-13-27(2)3/h7-12,16,23,29H,6,13-15H2,1-5H3/b24-22-. The van der Waals surface area contributed by atoms with Gasteiger partial charge in [0.1, 0.15) is 11.5 Å². The number of hydrogen-bond donors (Lipinski definition) is 1. The average molecular weight is 469 g/mol. The van der Waals surface area contributed by atoms with Gasteiger partial charge in [-0.05, 0) is 62.5 Å². The first-order valence-electron chi connectivity index (χ1n) is 11.2. The minimum absolute atomic E-state index is 0.0400. The molecule has 0 radical (unpaired) electrons. The van der Waals surface area contributed by atoms with Crippen LogP contribution in [0.4, 0.5) is 0 Å². The lowest BCUT2D eigenvalue weighted by atomic mass is 9.95. The van der Waals surface area contributed by atoms with E-state index in [4.69, 9.17) is 14.2 Å². The lowest BCUT2D eigenvalue weighted by Crippen LogP contribution is -2.35. The van der Waals surface area contributed by atoms with E-state index in [9.17, 15) is 14.7 Å². The molecular formula is C26H32N2O6. The summed E-state index contributed by atoms with van der Waals surface area (Å²) in [5, 5.41) is 11.2. The average Bonchev–Trinajstić information content (AvgIpc) is 3.10. The number of ketones is 1. The zero-order valence-corrected chi connectivity index (χ0v) is 20.3. The second-order valence-electron chi connectivity index (χ2n) is 8.28. The molecule has 1 unspecified atom stereocenters. The van der Waals surface area contributed by atoms with Gasteiger partial charge in [0.25, 0.3) is 11.7 Å². The number of nitrogens with zero attached hydrogens (tertiary/aromatic N) is 2. The third-order valence-electron chi connectivity index (χ3n) is 5.66. The number of methoxy groups -OCH3 is 2. The van der Waals surface area contributed by atoms with Gasteiger partial charge in [0.2, 0.25) is 0 Å². The van der Waals surface area contributed by atoms with Crippen LogP contribution in [0.5, 0.6) is 17.2 Å². The molecule has 182 valence electrons. The second-order valence-corrected chi connectivity index (χ2v) is 8.28. The number of aliphatic hydroxyl groups is 1. The van der Waals surface area contributed by atoms with E-state index in [2.05, 4.69) is 0 Å². The van der Waals surface area contributed by atoms with Gasteiger partial charge < -0.3 is 29.1 Å². The van der Waals surface area contributed by atoms with Gasteiger partial charge in [0.05, 0.1) is 32.4 Å². The molecule has 2 aromatic carbocycles. The summed E-state index contributed by atoms with van der Waals surface area (Å²) in [4.78, 5) is 29.6. The van der Waals surface area contributed by atoms with E-state index in [-0.39, 0.29) is 11.3 Å². The Bertz CT molecular complexity index is 1060. The minimum Gasteiger partial charge on any atom is -0.507 e. The highest BCUT2D eigenvalue weighted by atomic mass is 16.5. The van der Waals surface area contributed by atoms with E-state index >= 15 is 0 Å². The van der Waals surface area contributed by atoms with Gasteiger partial charge in [-0.15, -0.1) is 0 Å². The molecule has 1 aliphatic rings. The Hall–Kier alpha value is -3.52. The Kier molecular flexibility index (Phi) is 8.17. The van der Waals surface area contributed by atoms with Gasteiger partial charge >= 0.3 is 0 Å². The van der Waals surface area contributed by atoms with Crippen LogP contribution in [0.3, 0.4) is 0 Å². The van der Waals surface area contributed by atoms with Gasteiger partial charge in [-0.2, -0.15) is 0 Å². The zero-order valence-electron chi connectivity index (χ0n) is 20.3. The number of likely N-dealkylation sites (N-methyl/N-ethyl adjacent to an activating group) is 1. The summed E-state index contributed by atoms with van der Waals surface area (Å²) < 4.78 is 16.5. The molecule has 1 saturated heterocycles. The van der Waals surface area contributed by atoms with Crippen LogP contribution >= 0.6 is 0 Å². The highest BCUT2D eigenvalue weighted by Gasteiger charge is 2.46. The summed E-state index contributed by atoms with van der Waals surface area (Å²) in [5.74, 6) is 0.0900. The highest BCUT2D eigenvalue weighted by Crippen LogP contribution is 2.42. The number of ether oxygens (including phenoxy) is 3. The molecule has 8 nitrogen and oxygen atoms in total. The van der Waals surface area contributed by atoms with E-state index < -0.39 is 17.7 Å². The Balaban J connectivity index is 2.13.